The highest BCUT2D eigenvalue weighted by molar-refractivity contribution is 4.86. The summed E-state index contributed by atoms with van der Waals surface area (Å²) in [7, 11) is 0. The second kappa shape index (κ2) is 8.34. The van der Waals surface area contributed by atoms with E-state index in [1.54, 1.807) is 0 Å². The number of aromatic nitrogens is 2. The van der Waals surface area contributed by atoms with Crippen LogP contribution in [-0.2, 0) is 13.0 Å². The summed E-state index contributed by atoms with van der Waals surface area (Å²) in [6, 6.07) is 0.578. The van der Waals surface area contributed by atoms with E-state index in [9.17, 15) is 0 Å². The Morgan fingerprint density at radius 2 is 1.78 bits per heavy atom. The second-order valence-electron chi connectivity index (χ2n) is 5.57. The average Bonchev–Trinajstić information content (AvgIpc) is 2.75. The zero-order valence-corrected chi connectivity index (χ0v) is 12.8. The van der Waals surface area contributed by atoms with Crippen molar-refractivity contribution in [3.63, 3.8) is 0 Å². The van der Waals surface area contributed by atoms with Gasteiger partial charge in [-0.2, -0.15) is 0 Å². The van der Waals surface area contributed by atoms with Crippen LogP contribution in [0.25, 0.3) is 0 Å². The summed E-state index contributed by atoms with van der Waals surface area (Å²) in [5.41, 5.74) is 0. The van der Waals surface area contributed by atoms with Crippen LogP contribution in [-0.4, -0.2) is 4.57 Å². The highest BCUT2D eigenvalue weighted by Gasteiger charge is 2.18. The molecule has 0 spiro atoms. The van der Waals surface area contributed by atoms with Gasteiger partial charge in [-0.15, -0.1) is 0 Å². The van der Waals surface area contributed by atoms with Crippen LogP contribution in [0.3, 0.4) is 0 Å². The third-order valence-electron chi connectivity index (χ3n) is 3.60. The lowest BCUT2D eigenvalue weighted by Gasteiger charge is -2.07. The van der Waals surface area contributed by atoms with Gasteiger partial charge in [-0.25, -0.2) is 9.13 Å². The van der Waals surface area contributed by atoms with E-state index in [1.807, 2.05) is 0 Å². The van der Waals surface area contributed by atoms with Gasteiger partial charge in [0.1, 0.15) is 12.4 Å². The van der Waals surface area contributed by atoms with Crippen LogP contribution >= 0.6 is 0 Å². The smallest absolute Gasteiger partial charge is 0.234 e. The van der Waals surface area contributed by atoms with Crippen molar-refractivity contribution in [2.24, 2.45) is 0 Å². The molecule has 0 atom stereocenters. The van der Waals surface area contributed by atoms with Crippen molar-refractivity contribution in [1.29, 1.82) is 0 Å². The molecule has 1 heterocycles. The molecule has 0 saturated carbocycles. The molecule has 0 aromatic carbocycles. The van der Waals surface area contributed by atoms with Crippen molar-refractivity contribution in [2.45, 2.75) is 85.2 Å². The zero-order valence-electron chi connectivity index (χ0n) is 12.8. The second-order valence-corrected chi connectivity index (χ2v) is 5.57. The predicted molar refractivity (Wildman–Crippen MR) is 77.8 cm³/mol. The molecule has 0 N–H and O–H groups in total. The van der Waals surface area contributed by atoms with Gasteiger partial charge in [-0.3, -0.25) is 0 Å². The van der Waals surface area contributed by atoms with Gasteiger partial charge in [-0.1, -0.05) is 33.1 Å². The first-order valence-electron chi connectivity index (χ1n) is 7.79. The summed E-state index contributed by atoms with van der Waals surface area (Å²) in [6.45, 7) is 10.3. The van der Waals surface area contributed by atoms with Gasteiger partial charge in [0.2, 0.25) is 0 Å². The molecule has 0 fully saturated rings. The van der Waals surface area contributed by atoms with E-state index in [-0.39, 0.29) is 0 Å². The molecular weight excluding hydrogens is 220 g/mol. The number of hydrogen-bond donors (Lipinski definition) is 0. The van der Waals surface area contributed by atoms with Crippen molar-refractivity contribution in [3.8, 4) is 0 Å². The van der Waals surface area contributed by atoms with E-state index in [0.717, 1.165) is 0 Å². The number of rotatable bonds is 9. The Morgan fingerprint density at radius 3 is 2.39 bits per heavy atom. The van der Waals surface area contributed by atoms with Gasteiger partial charge in [0.15, 0.2) is 0 Å². The largest absolute Gasteiger partial charge is 0.256 e. The van der Waals surface area contributed by atoms with E-state index in [1.165, 1.54) is 57.3 Å². The van der Waals surface area contributed by atoms with Crippen molar-refractivity contribution >= 4 is 0 Å². The molecule has 2 heteroatoms. The lowest BCUT2D eigenvalue weighted by Crippen LogP contribution is -2.37. The van der Waals surface area contributed by atoms with Crippen molar-refractivity contribution in [2.75, 3.05) is 0 Å². The maximum atomic E-state index is 2.48. The first kappa shape index (κ1) is 15.3. The molecule has 1 aromatic heterocycles. The third kappa shape index (κ3) is 4.47. The normalized spacial score (nSPS) is 11.4. The Morgan fingerprint density at radius 1 is 1.06 bits per heavy atom. The molecule has 1 rings (SSSR count). The van der Waals surface area contributed by atoms with Gasteiger partial charge in [-0.05, 0) is 33.1 Å². The zero-order chi connectivity index (χ0) is 13.4. The molecule has 104 valence electrons. The molecule has 1 aromatic rings. The van der Waals surface area contributed by atoms with Crippen LogP contribution in [0.5, 0.6) is 0 Å². The van der Waals surface area contributed by atoms with Gasteiger partial charge < -0.3 is 0 Å². The Balaban J connectivity index is 2.64. The minimum Gasteiger partial charge on any atom is -0.234 e. The average molecular weight is 251 g/mol. The standard InChI is InChI=1S/C16H31N2/c1-5-7-9-10-12-17-13-14-18(15(3)4)16(17)11-8-6-2/h13-15H,5-12H2,1-4H3/q+1. The SMILES string of the molecule is CCCCCC[n+]1ccn(C(C)C)c1CCCC. The minimum absolute atomic E-state index is 0.578. The summed E-state index contributed by atoms with van der Waals surface area (Å²) in [6.07, 6.45) is 13.7. The minimum atomic E-state index is 0.578. The summed E-state index contributed by atoms with van der Waals surface area (Å²) in [4.78, 5) is 0. The van der Waals surface area contributed by atoms with Crippen LogP contribution in [0.1, 0.15) is 78.1 Å². The molecule has 0 radical (unpaired) electrons. The Kier molecular flexibility index (Phi) is 7.07. The fourth-order valence-electron chi connectivity index (χ4n) is 2.46. The fourth-order valence-corrected chi connectivity index (χ4v) is 2.46. The number of imidazole rings is 1. The van der Waals surface area contributed by atoms with Gasteiger partial charge in [0.05, 0.1) is 12.6 Å². The lowest BCUT2D eigenvalue weighted by molar-refractivity contribution is -0.704. The van der Waals surface area contributed by atoms with E-state index >= 15 is 0 Å². The molecule has 0 bridgehead atoms. The molecule has 2 nitrogen and oxygen atoms in total. The monoisotopic (exact) mass is 251 g/mol. The highest BCUT2D eigenvalue weighted by atomic mass is 15.2. The van der Waals surface area contributed by atoms with Crippen LogP contribution in [0.4, 0.5) is 0 Å². The topological polar surface area (TPSA) is 8.81 Å². The Labute approximate surface area is 113 Å². The Bertz CT molecular complexity index is 326. The molecule has 0 saturated heterocycles. The molecular formula is C16H31N2+. The molecule has 0 aliphatic carbocycles. The third-order valence-corrected chi connectivity index (χ3v) is 3.60. The predicted octanol–water partition coefficient (Wildman–Crippen LogP) is 4.28. The van der Waals surface area contributed by atoms with Crippen LogP contribution in [0, 0.1) is 0 Å². The molecule has 0 aliphatic heterocycles. The van der Waals surface area contributed by atoms with E-state index in [4.69, 9.17) is 0 Å². The first-order chi connectivity index (χ1) is 8.70. The maximum absolute atomic E-state index is 2.48. The first-order valence-corrected chi connectivity index (χ1v) is 7.79. The quantitative estimate of drug-likeness (QED) is 0.457. The highest BCUT2D eigenvalue weighted by Crippen LogP contribution is 2.10. The molecule has 0 amide bonds. The van der Waals surface area contributed by atoms with Crippen LogP contribution in [0.15, 0.2) is 12.4 Å². The van der Waals surface area contributed by atoms with Crippen molar-refractivity contribution in [1.82, 2.24) is 4.57 Å². The lowest BCUT2D eigenvalue weighted by atomic mass is 10.2. The number of nitrogens with zero attached hydrogens (tertiary/aromatic N) is 2. The van der Waals surface area contributed by atoms with Gasteiger partial charge in [0.25, 0.3) is 5.82 Å². The summed E-state index contributed by atoms with van der Waals surface area (Å²) in [5.74, 6) is 1.52. The van der Waals surface area contributed by atoms with Crippen molar-refractivity contribution < 1.29 is 4.57 Å². The van der Waals surface area contributed by atoms with Crippen LogP contribution in [0.2, 0.25) is 0 Å². The number of aryl methyl sites for hydroxylation is 1. The number of unbranched alkanes of at least 4 members (excludes halogenated alkanes) is 4. The van der Waals surface area contributed by atoms with Crippen molar-refractivity contribution in [3.05, 3.63) is 18.2 Å². The summed E-state index contributed by atoms with van der Waals surface area (Å²) < 4.78 is 4.92. The van der Waals surface area contributed by atoms with E-state index < -0.39 is 0 Å². The summed E-state index contributed by atoms with van der Waals surface area (Å²) in [5, 5.41) is 0. The van der Waals surface area contributed by atoms with Gasteiger partial charge >= 0.3 is 0 Å². The van der Waals surface area contributed by atoms with Crippen LogP contribution < -0.4 is 4.57 Å². The fraction of sp³-hybridized carbons (Fsp3) is 0.812. The molecule has 0 aliphatic rings. The van der Waals surface area contributed by atoms with Gasteiger partial charge in [0, 0.05) is 6.42 Å². The summed E-state index contributed by atoms with van der Waals surface area (Å²) >= 11 is 0. The Hall–Kier alpha value is -0.790. The molecule has 18 heavy (non-hydrogen) atoms. The maximum Gasteiger partial charge on any atom is 0.256 e. The van der Waals surface area contributed by atoms with E-state index in [0.29, 0.717) is 6.04 Å². The number of hydrogen-bond acceptors (Lipinski definition) is 0. The van der Waals surface area contributed by atoms with E-state index in [2.05, 4.69) is 49.2 Å². The molecule has 0 unspecified atom stereocenters.